The molecule has 0 saturated heterocycles. The minimum Gasteiger partial charge on any atom is -0.457 e. The molecule has 0 aliphatic carbocycles. The number of aryl methyl sites for hydroxylation is 2. The van der Waals surface area contributed by atoms with Crippen LogP contribution in [-0.4, -0.2) is 24.1 Å². The van der Waals surface area contributed by atoms with Crippen LogP contribution in [0.15, 0.2) is 35.2 Å². The monoisotopic (exact) mass is 354 g/mol. The lowest BCUT2D eigenvalue weighted by molar-refractivity contribution is -0.139. The Morgan fingerprint density at radius 2 is 1.95 bits per heavy atom. The summed E-state index contributed by atoms with van der Waals surface area (Å²) in [4.78, 5) is 25.0. The average Bonchev–Trinajstić information content (AvgIpc) is 2.92. The molecular weight excluding hydrogens is 340 g/mol. The summed E-state index contributed by atoms with van der Waals surface area (Å²) >= 11 is 8.34. The molecule has 0 atom stereocenters. The fraction of sp³-hybridized carbons (Fsp3) is 0.250. The van der Waals surface area contributed by atoms with Gasteiger partial charge in [0.15, 0.2) is 6.61 Å². The normalized spacial score (nSPS) is 10.5. The summed E-state index contributed by atoms with van der Waals surface area (Å²) in [5.41, 5.74) is 2.40. The summed E-state index contributed by atoms with van der Waals surface area (Å²) in [6.07, 6.45) is 0. The summed E-state index contributed by atoms with van der Waals surface area (Å²) in [5, 5.41) is 0. The highest BCUT2D eigenvalue weighted by Gasteiger charge is 2.12. The number of thioether (sulfide) groups is 1. The van der Waals surface area contributed by atoms with E-state index < -0.39 is 5.97 Å². The Morgan fingerprint density at radius 1 is 1.18 bits per heavy atom. The van der Waals surface area contributed by atoms with Crippen molar-refractivity contribution in [1.29, 1.82) is 0 Å². The van der Waals surface area contributed by atoms with Gasteiger partial charge in [-0.15, -0.1) is 23.1 Å². The summed E-state index contributed by atoms with van der Waals surface area (Å²) in [6, 6.07) is 9.31. The summed E-state index contributed by atoms with van der Waals surface area (Å²) in [5.74, 6) is -0.457. The molecule has 0 fully saturated rings. The first-order valence-electron chi connectivity index (χ1n) is 6.60. The van der Waals surface area contributed by atoms with Crippen LogP contribution < -0.4 is 0 Å². The lowest BCUT2D eigenvalue weighted by Gasteiger charge is -2.05. The number of carbonyl (C=O) groups is 2. The zero-order chi connectivity index (χ0) is 16.1. The van der Waals surface area contributed by atoms with Gasteiger partial charge in [0, 0.05) is 4.90 Å². The number of thiophene rings is 1. The Kier molecular flexibility index (Phi) is 6.06. The van der Waals surface area contributed by atoms with Crippen LogP contribution >= 0.6 is 34.7 Å². The molecule has 0 bridgehead atoms. The van der Waals surface area contributed by atoms with Crippen molar-refractivity contribution < 1.29 is 14.3 Å². The highest BCUT2D eigenvalue weighted by Crippen LogP contribution is 2.23. The van der Waals surface area contributed by atoms with Gasteiger partial charge in [-0.2, -0.15) is 0 Å². The summed E-state index contributed by atoms with van der Waals surface area (Å²) in [7, 11) is 0. The number of esters is 1. The molecule has 2 rings (SSSR count). The van der Waals surface area contributed by atoms with Gasteiger partial charge in [-0.3, -0.25) is 9.59 Å². The fourth-order valence-electron chi connectivity index (χ4n) is 1.67. The van der Waals surface area contributed by atoms with E-state index in [-0.39, 0.29) is 18.1 Å². The molecule has 6 heteroatoms. The largest absolute Gasteiger partial charge is 0.457 e. The Morgan fingerprint density at radius 3 is 2.59 bits per heavy atom. The maximum atomic E-state index is 11.8. The lowest BCUT2D eigenvalue weighted by atomic mass is 10.1. The first-order valence-corrected chi connectivity index (χ1v) is 8.78. The molecule has 0 unspecified atom stereocenters. The van der Waals surface area contributed by atoms with Gasteiger partial charge in [0.05, 0.1) is 15.0 Å². The Labute approximate surface area is 142 Å². The fourth-order valence-corrected chi connectivity index (χ4v) is 3.43. The molecule has 2 aromatic rings. The van der Waals surface area contributed by atoms with Crippen LogP contribution in [0.3, 0.4) is 0 Å². The third-order valence-corrected chi connectivity index (χ3v) is 5.29. The number of rotatable bonds is 6. The minimum absolute atomic E-state index is 0.182. The van der Waals surface area contributed by atoms with Crippen molar-refractivity contribution in [2.24, 2.45) is 0 Å². The van der Waals surface area contributed by atoms with Crippen LogP contribution in [0.2, 0.25) is 4.34 Å². The smallest absolute Gasteiger partial charge is 0.316 e. The molecular formula is C16H15ClO3S2. The highest BCUT2D eigenvalue weighted by atomic mass is 35.5. The van der Waals surface area contributed by atoms with Crippen molar-refractivity contribution in [2.45, 2.75) is 18.7 Å². The third-order valence-electron chi connectivity index (χ3n) is 3.05. The van der Waals surface area contributed by atoms with E-state index in [1.165, 1.54) is 34.2 Å². The van der Waals surface area contributed by atoms with Crippen molar-refractivity contribution in [3.63, 3.8) is 0 Å². The van der Waals surface area contributed by atoms with Crippen LogP contribution in [-0.2, 0) is 9.53 Å². The average molecular weight is 355 g/mol. The second-order valence-electron chi connectivity index (χ2n) is 4.72. The number of ether oxygens (including phenoxy) is 1. The van der Waals surface area contributed by atoms with E-state index >= 15 is 0 Å². The Balaban J connectivity index is 1.78. The predicted molar refractivity (Wildman–Crippen MR) is 91.3 cm³/mol. The predicted octanol–water partition coefficient (Wildman–Crippen LogP) is 4.54. The number of ketones is 1. The molecule has 1 heterocycles. The van der Waals surface area contributed by atoms with Crippen molar-refractivity contribution in [1.82, 2.24) is 0 Å². The molecule has 22 heavy (non-hydrogen) atoms. The van der Waals surface area contributed by atoms with Crippen molar-refractivity contribution >= 4 is 46.5 Å². The van der Waals surface area contributed by atoms with E-state index in [0.29, 0.717) is 9.21 Å². The molecule has 0 aliphatic heterocycles. The van der Waals surface area contributed by atoms with Crippen LogP contribution in [0.25, 0.3) is 0 Å². The van der Waals surface area contributed by atoms with Gasteiger partial charge < -0.3 is 4.74 Å². The Hall–Kier alpha value is -1.30. The molecule has 116 valence electrons. The number of carbonyl (C=O) groups excluding carboxylic acids is 2. The van der Waals surface area contributed by atoms with Gasteiger partial charge in [-0.1, -0.05) is 17.7 Å². The van der Waals surface area contributed by atoms with E-state index in [9.17, 15) is 9.59 Å². The standard InChI is InChI=1S/C16H15ClO3S2/c1-10-3-4-12(7-11(10)2)21-9-16(19)20-8-13(18)14-5-6-15(17)22-14/h3-7H,8-9H2,1-2H3. The zero-order valence-electron chi connectivity index (χ0n) is 12.2. The lowest BCUT2D eigenvalue weighted by Crippen LogP contribution is -2.14. The van der Waals surface area contributed by atoms with Crippen LogP contribution in [0.1, 0.15) is 20.8 Å². The summed E-state index contributed by atoms with van der Waals surface area (Å²) in [6.45, 7) is 3.83. The number of Topliss-reactive ketones (excluding diaryl/α,β-unsaturated/α-hetero) is 1. The molecule has 0 amide bonds. The van der Waals surface area contributed by atoms with E-state index in [1.807, 2.05) is 32.0 Å². The quantitative estimate of drug-likeness (QED) is 0.434. The van der Waals surface area contributed by atoms with Gasteiger partial charge >= 0.3 is 5.97 Å². The third kappa shape index (κ3) is 4.87. The second-order valence-corrected chi connectivity index (χ2v) is 7.49. The maximum Gasteiger partial charge on any atom is 0.316 e. The van der Waals surface area contributed by atoms with Gasteiger partial charge in [0.1, 0.15) is 0 Å². The van der Waals surface area contributed by atoms with Gasteiger partial charge in [-0.25, -0.2) is 0 Å². The van der Waals surface area contributed by atoms with Crippen LogP contribution in [0.5, 0.6) is 0 Å². The van der Waals surface area contributed by atoms with Crippen molar-refractivity contribution in [2.75, 3.05) is 12.4 Å². The molecule has 0 N–H and O–H groups in total. The number of halogens is 1. The first kappa shape index (κ1) is 17.1. The van der Waals surface area contributed by atoms with E-state index in [0.717, 1.165) is 4.90 Å². The van der Waals surface area contributed by atoms with Crippen molar-refractivity contribution in [3.8, 4) is 0 Å². The molecule has 0 aliphatic rings. The molecule has 3 nitrogen and oxygen atoms in total. The second kappa shape index (κ2) is 7.81. The molecule has 0 saturated carbocycles. The van der Waals surface area contributed by atoms with E-state index in [1.54, 1.807) is 12.1 Å². The highest BCUT2D eigenvalue weighted by molar-refractivity contribution is 8.00. The molecule has 1 aromatic carbocycles. The Bertz CT molecular complexity index is 694. The minimum atomic E-state index is -0.403. The van der Waals surface area contributed by atoms with E-state index in [2.05, 4.69) is 0 Å². The molecule has 0 radical (unpaired) electrons. The number of hydrogen-bond acceptors (Lipinski definition) is 5. The van der Waals surface area contributed by atoms with Gasteiger partial charge in [-0.05, 0) is 49.2 Å². The number of hydrogen-bond donors (Lipinski definition) is 0. The van der Waals surface area contributed by atoms with Crippen molar-refractivity contribution in [3.05, 3.63) is 50.7 Å². The summed E-state index contributed by atoms with van der Waals surface area (Å²) < 4.78 is 5.54. The topological polar surface area (TPSA) is 43.4 Å². The van der Waals surface area contributed by atoms with Crippen LogP contribution in [0.4, 0.5) is 0 Å². The number of benzene rings is 1. The van der Waals surface area contributed by atoms with Crippen LogP contribution in [0, 0.1) is 13.8 Å². The van der Waals surface area contributed by atoms with Gasteiger partial charge in [0.2, 0.25) is 5.78 Å². The molecule has 1 aromatic heterocycles. The maximum absolute atomic E-state index is 11.8. The first-order chi connectivity index (χ1) is 10.5. The SMILES string of the molecule is Cc1ccc(SCC(=O)OCC(=O)c2ccc(Cl)s2)cc1C. The zero-order valence-corrected chi connectivity index (χ0v) is 14.6. The molecule has 0 spiro atoms. The van der Waals surface area contributed by atoms with E-state index in [4.69, 9.17) is 16.3 Å². The van der Waals surface area contributed by atoms with Gasteiger partial charge in [0.25, 0.3) is 0 Å².